The number of aliphatic carboxylic acids is 1. The molecule has 0 radical (unpaired) electrons. The van der Waals surface area contributed by atoms with Crippen molar-refractivity contribution in [3.8, 4) is 0 Å². The summed E-state index contributed by atoms with van der Waals surface area (Å²) in [4.78, 5) is 111. The summed E-state index contributed by atoms with van der Waals surface area (Å²) in [5, 5.41) is 18.3. The molecule has 74 heavy (non-hydrogen) atoms. The van der Waals surface area contributed by atoms with E-state index in [1.807, 2.05) is 33.8 Å². The lowest BCUT2D eigenvalue weighted by Gasteiger charge is -2.41. The van der Waals surface area contributed by atoms with Crippen LogP contribution in [0.1, 0.15) is 104 Å². The number of rotatable bonds is 27. The number of primary amides is 1. The molecule has 21 heteroatoms. The summed E-state index contributed by atoms with van der Waals surface area (Å²) >= 11 is 0. The van der Waals surface area contributed by atoms with E-state index in [1.165, 1.54) is 19.1 Å². The molecular formula is C53H81N9O12. The molecular weight excluding hydrogens is 955 g/mol. The van der Waals surface area contributed by atoms with E-state index in [4.69, 9.17) is 31.4 Å². The third-order valence-corrected chi connectivity index (χ3v) is 14.8. The average Bonchev–Trinajstić information content (AvgIpc) is 4.04. The van der Waals surface area contributed by atoms with Gasteiger partial charge >= 0.3 is 12.1 Å². The lowest BCUT2D eigenvalue weighted by atomic mass is 9.89. The van der Waals surface area contributed by atoms with Crippen LogP contribution in [0.2, 0.25) is 0 Å². The van der Waals surface area contributed by atoms with Gasteiger partial charge in [-0.05, 0) is 80.5 Å². The highest BCUT2D eigenvalue weighted by Crippen LogP contribution is 2.32. The quantitative estimate of drug-likeness (QED) is 0.0677. The first-order valence-corrected chi connectivity index (χ1v) is 25.6. The number of hydrogen-bond donors (Lipinski definition) is 7. The Balaban J connectivity index is 1.40. The summed E-state index contributed by atoms with van der Waals surface area (Å²) in [6.07, 6.45) is 0.720. The fourth-order valence-corrected chi connectivity index (χ4v) is 9.96. The average molecular weight is 1040 g/mol. The van der Waals surface area contributed by atoms with Crippen LogP contribution in [0.25, 0.3) is 0 Å². The van der Waals surface area contributed by atoms with Gasteiger partial charge in [-0.25, -0.2) is 9.59 Å². The summed E-state index contributed by atoms with van der Waals surface area (Å²) in [7, 11) is 4.60. The van der Waals surface area contributed by atoms with Gasteiger partial charge in [0, 0.05) is 46.5 Å². The topological polar surface area (TPSA) is 308 Å². The number of carbonyl (C=O) groups excluding carboxylic acids is 7. The Bertz CT molecular complexity index is 2240. The highest BCUT2D eigenvalue weighted by atomic mass is 16.6. The third kappa shape index (κ3) is 15.7. The van der Waals surface area contributed by atoms with Gasteiger partial charge in [0.05, 0.1) is 48.7 Å². The largest absolute Gasteiger partial charge is 0.480 e. The fourth-order valence-electron chi connectivity index (χ4n) is 9.96. The van der Waals surface area contributed by atoms with E-state index in [2.05, 4.69) is 16.0 Å². The molecule has 0 saturated carbocycles. The van der Waals surface area contributed by atoms with Crippen LogP contribution in [-0.2, 0) is 60.8 Å². The van der Waals surface area contributed by atoms with Gasteiger partial charge in [-0.15, -0.1) is 0 Å². The maximum atomic E-state index is 14.7. The molecule has 10 N–H and O–H groups in total. The summed E-state index contributed by atoms with van der Waals surface area (Å²) in [5.41, 5.74) is 17.2. The van der Waals surface area contributed by atoms with Crippen molar-refractivity contribution in [1.82, 2.24) is 25.3 Å². The zero-order valence-electron chi connectivity index (χ0n) is 44.5. The molecule has 9 unspecified atom stereocenters. The monoisotopic (exact) mass is 1040 g/mol. The smallest absolute Gasteiger partial charge is 0.410 e. The van der Waals surface area contributed by atoms with E-state index in [-0.39, 0.29) is 56.6 Å². The number of methoxy groups -OCH3 is 2. The first kappa shape index (κ1) is 60.4. The Morgan fingerprint density at radius 2 is 1.50 bits per heavy atom. The number of nitrogens with one attached hydrogen (secondary N) is 3. The van der Waals surface area contributed by atoms with Gasteiger partial charge in [-0.1, -0.05) is 83.5 Å². The van der Waals surface area contributed by atoms with Crippen molar-refractivity contribution in [2.24, 2.45) is 35.0 Å². The van der Waals surface area contributed by atoms with Crippen molar-refractivity contribution in [2.75, 3.05) is 39.7 Å². The van der Waals surface area contributed by atoms with Crippen molar-refractivity contribution in [3.05, 3.63) is 65.7 Å². The molecule has 0 bridgehead atoms. The molecule has 2 aromatic rings. The van der Waals surface area contributed by atoms with Gasteiger partial charge in [-0.2, -0.15) is 0 Å². The number of nitrogens with two attached hydrogens (primary N) is 3. The van der Waals surface area contributed by atoms with Crippen LogP contribution in [0.3, 0.4) is 0 Å². The van der Waals surface area contributed by atoms with E-state index in [1.54, 1.807) is 79.2 Å². The second-order valence-electron chi connectivity index (χ2n) is 20.3. The second-order valence-corrected chi connectivity index (χ2v) is 20.3. The molecule has 7 amide bonds. The van der Waals surface area contributed by atoms with Crippen LogP contribution in [0, 0.1) is 17.8 Å². The fraction of sp³-hybridized carbons (Fsp3) is 0.623. The molecule has 2 aliphatic heterocycles. The number of amides is 7. The molecule has 0 aliphatic carbocycles. The standard InChI is InChI=1S/C53H81N9O12/c1-10-32(4)44(41(72-8)29-42(63)61-26-14-18-40(61)45(73-9)33(5)47(65)58-39(50(68)69)28-34-16-12-11-13-17-34)60(7)49(67)43(31(2)3)59-51(70)53(6)25-15-27-62(53)52(71)74-30-35-19-21-36(22-20-35)57-48(66)38(55)24-23-37(54)46(56)64/h11-13,16-17,19-22,31-33,37-41,43-45H,10,14-15,18,23-30,54-55H2,1-9H3,(H2,56,64)(H,57,66)(H,58,65)(H,59,70)(H,68,69)/t32?,33?,37?,38?,39?,40-,41?,43?,44?,45?,53-/m0/s1. The lowest BCUT2D eigenvalue weighted by molar-refractivity contribution is -0.148. The van der Waals surface area contributed by atoms with Gasteiger partial charge in [-0.3, -0.25) is 33.7 Å². The van der Waals surface area contributed by atoms with Crippen LogP contribution in [-0.4, -0.2) is 156 Å². The Kier molecular flexibility index (Phi) is 22.8. The molecule has 2 saturated heterocycles. The Hall–Kier alpha value is -6.16. The molecule has 2 aliphatic rings. The number of hydrogen-bond acceptors (Lipinski definition) is 13. The highest BCUT2D eigenvalue weighted by Gasteiger charge is 2.49. The van der Waals surface area contributed by atoms with E-state index in [0.29, 0.717) is 49.9 Å². The maximum absolute atomic E-state index is 14.7. The first-order chi connectivity index (χ1) is 35.0. The normalized spacial score (nSPS) is 20.2. The number of carbonyl (C=O) groups is 8. The molecule has 11 atom stereocenters. The van der Waals surface area contributed by atoms with Crippen molar-refractivity contribution < 1.29 is 57.7 Å². The van der Waals surface area contributed by atoms with Crippen LogP contribution < -0.4 is 33.2 Å². The number of carboxylic acid groups (broad SMARTS) is 1. The summed E-state index contributed by atoms with van der Waals surface area (Å²) in [5.74, 6) is -5.38. The van der Waals surface area contributed by atoms with Gasteiger partial charge in [0.2, 0.25) is 35.4 Å². The number of anilines is 1. The second kappa shape index (κ2) is 27.9. The Morgan fingerprint density at radius 3 is 2.08 bits per heavy atom. The van der Waals surface area contributed by atoms with E-state index >= 15 is 0 Å². The Labute approximate surface area is 435 Å². The van der Waals surface area contributed by atoms with E-state index < -0.39 is 102 Å². The van der Waals surface area contributed by atoms with Crippen molar-refractivity contribution in [1.29, 1.82) is 0 Å². The molecule has 410 valence electrons. The first-order valence-electron chi connectivity index (χ1n) is 25.6. The predicted molar refractivity (Wildman–Crippen MR) is 277 cm³/mol. The minimum atomic E-state index is -1.35. The van der Waals surface area contributed by atoms with Crippen LogP contribution in [0.4, 0.5) is 10.5 Å². The lowest BCUT2D eigenvalue weighted by Crippen LogP contribution is -2.62. The number of carboxylic acids is 1. The van der Waals surface area contributed by atoms with Crippen molar-refractivity contribution in [2.45, 2.75) is 160 Å². The van der Waals surface area contributed by atoms with Crippen LogP contribution >= 0.6 is 0 Å². The number of likely N-dealkylation sites (N-methyl/N-ethyl adjacent to an activating group) is 1. The van der Waals surface area contributed by atoms with Gasteiger partial charge < -0.3 is 62.3 Å². The molecule has 0 spiro atoms. The zero-order valence-corrected chi connectivity index (χ0v) is 44.5. The summed E-state index contributed by atoms with van der Waals surface area (Å²) < 4.78 is 17.6. The van der Waals surface area contributed by atoms with Gasteiger partial charge in [0.1, 0.15) is 24.2 Å². The summed E-state index contributed by atoms with van der Waals surface area (Å²) in [6.45, 7) is 11.4. The molecule has 21 nitrogen and oxygen atoms in total. The number of ether oxygens (including phenoxy) is 3. The summed E-state index contributed by atoms with van der Waals surface area (Å²) in [6, 6.07) is 10.5. The van der Waals surface area contributed by atoms with Crippen molar-refractivity contribution >= 4 is 53.2 Å². The number of likely N-dealkylation sites (tertiary alicyclic amines) is 2. The molecule has 0 aromatic heterocycles. The zero-order chi connectivity index (χ0) is 55.0. The number of nitrogens with zero attached hydrogens (tertiary/aromatic N) is 3. The van der Waals surface area contributed by atoms with Crippen molar-refractivity contribution in [3.63, 3.8) is 0 Å². The van der Waals surface area contributed by atoms with Crippen LogP contribution in [0.15, 0.2) is 54.6 Å². The number of benzene rings is 2. The maximum Gasteiger partial charge on any atom is 0.410 e. The SMILES string of the molecule is CCC(C)C(C(CC(=O)N1CCC[C@H]1C(OC)C(C)C(=O)NC(Cc1ccccc1)C(=O)O)OC)N(C)C(=O)C(NC(=O)[C@]1(C)CCCN1C(=O)OCc1ccc(NC(=O)C(N)CCC(N)C(N)=O)cc1)C(C)C. The predicted octanol–water partition coefficient (Wildman–Crippen LogP) is 2.91. The van der Waals surface area contributed by atoms with E-state index in [9.17, 15) is 43.5 Å². The molecule has 2 heterocycles. The minimum absolute atomic E-state index is 0.0930. The van der Waals surface area contributed by atoms with Gasteiger partial charge in [0.15, 0.2) is 0 Å². The van der Waals surface area contributed by atoms with Gasteiger partial charge in [0.25, 0.3) is 0 Å². The van der Waals surface area contributed by atoms with E-state index in [0.717, 1.165) is 5.56 Å². The highest BCUT2D eigenvalue weighted by molar-refractivity contribution is 5.95. The third-order valence-electron chi connectivity index (χ3n) is 14.8. The molecule has 2 fully saturated rings. The van der Waals surface area contributed by atoms with Crippen LogP contribution in [0.5, 0.6) is 0 Å². The Morgan fingerprint density at radius 1 is 0.851 bits per heavy atom. The molecule has 2 aromatic carbocycles. The molecule has 4 rings (SSSR count). The minimum Gasteiger partial charge on any atom is -0.480 e.